The minimum atomic E-state index is -0.424. The van der Waals surface area contributed by atoms with Gasteiger partial charge in [0.15, 0.2) is 0 Å². The summed E-state index contributed by atoms with van der Waals surface area (Å²) in [6.07, 6.45) is 4.89. The number of hydrogen-bond donors (Lipinski definition) is 0. The Kier molecular flexibility index (Phi) is 6.68. The van der Waals surface area contributed by atoms with Crippen LogP contribution in [0.25, 0.3) is 10.9 Å². The maximum absolute atomic E-state index is 12.3. The maximum atomic E-state index is 12.3. The summed E-state index contributed by atoms with van der Waals surface area (Å²) in [7, 11) is 0. The molecule has 1 amide bonds. The molecule has 2 aliphatic rings. The predicted molar refractivity (Wildman–Crippen MR) is 130 cm³/mol. The zero-order valence-electron chi connectivity index (χ0n) is 19.4. The summed E-state index contributed by atoms with van der Waals surface area (Å²) in [6.45, 7) is 12.6. The molecule has 1 aliphatic heterocycles. The Morgan fingerprint density at radius 3 is 2.42 bits per heavy atom. The number of fused-ring (bicyclic) bond motifs is 1. The van der Waals surface area contributed by atoms with Gasteiger partial charge in [0.2, 0.25) is 0 Å². The summed E-state index contributed by atoms with van der Waals surface area (Å²) in [5.41, 5.74) is 2.30. The SMILES string of the molecule is Cc1cc2c(Br)cccc2n1C1CCC(CN2CCN(C(=O)OC(C)(C)C)CC2)CC1. The van der Waals surface area contributed by atoms with E-state index in [1.807, 2.05) is 25.7 Å². The molecule has 2 fully saturated rings. The number of halogens is 1. The van der Waals surface area contributed by atoms with Gasteiger partial charge in [0, 0.05) is 59.8 Å². The average molecular weight is 490 g/mol. The van der Waals surface area contributed by atoms with Crippen LogP contribution in [0.5, 0.6) is 0 Å². The van der Waals surface area contributed by atoms with Gasteiger partial charge in [0.1, 0.15) is 5.60 Å². The van der Waals surface area contributed by atoms with Gasteiger partial charge in [-0.15, -0.1) is 0 Å². The van der Waals surface area contributed by atoms with Crippen LogP contribution in [-0.4, -0.2) is 58.8 Å². The van der Waals surface area contributed by atoms with Crippen molar-refractivity contribution in [3.8, 4) is 0 Å². The lowest BCUT2D eigenvalue weighted by atomic mass is 9.85. The summed E-state index contributed by atoms with van der Waals surface area (Å²) >= 11 is 3.71. The molecule has 0 radical (unpaired) electrons. The number of amides is 1. The third-order valence-corrected chi connectivity index (χ3v) is 7.44. The van der Waals surface area contributed by atoms with Gasteiger partial charge in [-0.2, -0.15) is 0 Å². The van der Waals surface area contributed by atoms with Crippen LogP contribution >= 0.6 is 15.9 Å². The number of nitrogens with zero attached hydrogens (tertiary/aromatic N) is 3. The van der Waals surface area contributed by atoms with Crippen molar-refractivity contribution in [2.24, 2.45) is 5.92 Å². The number of aryl methyl sites for hydroxylation is 1. The second-order valence-electron chi connectivity index (χ2n) is 10.3. The number of piperazine rings is 1. The van der Waals surface area contributed by atoms with Crippen LogP contribution in [0.15, 0.2) is 28.7 Å². The van der Waals surface area contributed by atoms with E-state index in [2.05, 4.69) is 56.6 Å². The Morgan fingerprint density at radius 1 is 1.10 bits per heavy atom. The molecule has 1 saturated heterocycles. The molecule has 5 nitrogen and oxygen atoms in total. The molecule has 0 bridgehead atoms. The van der Waals surface area contributed by atoms with Crippen molar-refractivity contribution in [3.05, 3.63) is 34.4 Å². The van der Waals surface area contributed by atoms with Crippen molar-refractivity contribution < 1.29 is 9.53 Å². The molecule has 1 aromatic heterocycles. The minimum Gasteiger partial charge on any atom is -0.444 e. The number of aromatic nitrogens is 1. The molecule has 1 aliphatic carbocycles. The second-order valence-corrected chi connectivity index (χ2v) is 11.1. The number of rotatable bonds is 3. The zero-order chi connectivity index (χ0) is 22.2. The van der Waals surface area contributed by atoms with Gasteiger partial charge in [-0.05, 0) is 77.5 Å². The number of carbonyl (C=O) groups excluding carboxylic acids is 1. The summed E-state index contributed by atoms with van der Waals surface area (Å²) in [5.74, 6) is 0.762. The Bertz CT molecular complexity index is 917. The number of ether oxygens (including phenoxy) is 1. The first kappa shape index (κ1) is 22.7. The second kappa shape index (κ2) is 9.14. The van der Waals surface area contributed by atoms with Gasteiger partial charge < -0.3 is 14.2 Å². The van der Waals surface area contributed by atoms with Gasteiger partial charge in [0.25, 0.3) is 0 Å². The lowest BCUT2D eigenvalue weighted by molar-refractivity contribution is 0.0126. The Hall–Kier alpha value is -1.53. The molecule has 6 heteroatoms. The number of carbonyl (C=O) groups is 1. The Morgan fingerprint density at radius 2 is 1.77 bits per heavy atom. The normalized spacial score (nSPS) is 23.3. The standard InChI is InChI=1S/C25H36BrN3O2/c1-18-16-21-22(26)6-5-7-23(21)29(18)20-10-8-19(9-11-20)17-27-12-14-28(15-13-27)24(30)31-25(2,3)4/h5-7,16,19-20H,8-15,17H2,1-4H3. The van der Waals surface area contributed by atoms with Gasteiger partial charge >= 0.3 is 6.09 Å². The van der Waals surface area contributed by atoms with Gasteiger partial charge in [-0.3, -0.25) is 4.90 Å². The van der Waals surface area contributed by atoms with E-state index in [9.17, 15) is 4.79 Å². The highest BCUT2D eigenvalue weighted by Gasteiger charge is 2.29. The summed E-state index contributed by atoms with van der Waals surface area (Å²) in [6, 6.07) is 9.45. The quantitative estimate of drug-likeness (QED) is 0.530. The summed E-state index contributed by atoms with van der Waals surface area (Å²) in [5, 5.41) is 1.32. The molecule has 0 atom stereocenters. The first-order valence-corrected chi connectivity index (χ1v) is 12.5. The zero-order valence-corrected chi connectivity index (χ0v) is 21.0. The highest BCUT2D eigenvalue weighted by Crippen LogP contribution is 2.37. The predicted octanol–water partition coefficient (Wildman–Crippen LogP) is 6.00. The van der Waals surface area contributed by atoms with Crippen molar-refractivity contribution in [1.29, 1.82) is 0 Å². The van der Waals surface area contributed by atoms with Crippen LogP contribution in [0.2, 0.25) is 0 Å². The molecular weight excluding hydrogens is 454 g/mol. The van der Waals surface area contributed by atoms with E-state index < -0.39 is 5.60 Å². The topological polar surface area (TPSA) is 37.7 Å². The first-order chi connectivity index (χ1) is 14.7. The highest BCUT2D eigenvalue weighted by atomic mass is 79.9. The molecule has 31 heavy (non-hydrogen) atoms. The molecule has 1 saturated carbocycles. The van der Waals surface area contributed by atoms with E-state index in [4.69, 9.17) is 4.74 Å². The largest absolute Gasteiger partial charge is 0.444 e. The smallest absolute Gasteiger partial charge is 0.410 e. The Labute approximate surface area is 194 Å². The lowest BCUT2D eigenvalue weighted by Crippen LogP contribution is -2.51. The van der Waals surface area contributed by atoms with Crippen molar-refractivity contribution >= 4 is 32.9 Å². The monoisotopic (exact) mass is 489 g/mol. The van der Waals surface area contributed by atoms with Crippen molar-refractivity contribution in [2.75, 3.05) is 32.7 Å². The van der Waals surface area contributed by atoms with Crippen molar-refractivity contribution in [2.45, 2.75) is 65.0 Å². The fraction of sp³-hybridized carbons (Fsp3) is 0.640. The van der Waals surface area contributed by atoms with E-state index >= 15 is 0 Å². The molecule has 4 rings (SSSR count). The van der Waals surface area contributed by atoms with Crippen LogP contribution < -0.4 is 0 Å². The molecule has 2 heterocycles. The fourth-order valence-electron chi connectivity index (χ4n) is 5.22. The number of hydrogen-bond acceptors (Lipinski definition) is 3. The third kappa shape index (κ3) is 5.28. The molecule has 0 spiro atoms. The molecule has 170 valence electrons. The van der Waals surface area contributed by atoms with Gasteiger partial charge in [0.05, 0.1) is 0 Å². The van der Waals surface area contributed by atoms with Crippen LogP contribution in [0.1, 0.15) is 58.2 Å². The van der Waals surface area contributed by atoms with Crippen molar-refractivity contribution in [3.63, 3.8) is 0 Å². The van der Waals surface area contributed by atoms with E-state index in [-0.39, 0.29) is 6.09 Å². The Balaban J connectivity index is 1.28. The van der Waals surface area contributed by atoms with Gasteiger partial charge in [-0.25, -0.2) is 4.79 Å². The molecule has 0 unspecified atom stereocenters. The molecule has 0 N–H and O–H groups in total. The summed E-state index contributed by atoms with van der Waals surface area (Å²) < 4.78 is 9.27. The van der Waals surface area contributed by atoms with E-state index in [0.717, 1.165) is 38.6 Å². The van der Waals surface area contributed by atoms with E-state index in [1.165, 1.54) is 46.8 Å². The van der Waals surface area contributed by atoms with Crippen LogP contribution in [0.4, 0.5) is 4.79 Å². The molecule has 1 aromatic carbocycles. The minimum absolute atomic E-state index is 0.173. The third-order valence-electron chi connectivity index (χ3n) is 6.74. The summed E-state index contributed by atoms with van der Waals surface area (Å²) in [4.78, 5) is 16.7. The molecule has 2 aromatic rings. The number of benzene rings is 1. The van der Waals surface area contributed by atoms with E-state index in [0.29, 0.717) is 6.04 Å². The van der Waals surface area contributed by atoms with Crippen molar-refractivity contribution in [1.82, 2.24) is 14.4 Å². The van der Waals surface area contributed by atoms with Crippen LogP contribution in [0.3, 0.4) is 0 Å². The highest BCUT2D eigenvalue weighted by molar-refractivity contribution is 9.10. The van der Waals surface area contributed by atoms with Gasteiger partial charge in [-0.1, -0.05) is 22.0 Å². The maximum Gasteiger partial charge on any atom is 0.410 e. The molecular formula is C25H36BrN3O2. The van der Waals surface area contributed by atoms with Crippen LogP contribution in [-0.2, 0) is 4.74 Å². The van der Waals surface area contributed by atoms with Crippen LogP contribution in [0, 0.1) is 12.8 Å². The average Bonchev–Trinajstić information content (AvgIpc) is 3.05. The first-order valence-electron chi connectivity index (χ1n) is 11.7. The fourth-order valence-corrected chi connectivity index (χ4v) is 5.69. The lowest BCUT2D eigenvalue weighted by Gasteiger charge is -2.38. The van der Waals surface area contributed by atoms with E-state index in [1.54, 1.807) is 0 Å².